The molecule has 1 fully saturated rings. The number of hydrogen-bond acceptors (Lipinski definition) is 3. The van der Waals surface area contributed by atoms with Crippen LogP contribution in [0.1, 0.15) is 19.3 Å². The first-order valence-electron chi connectivity index (χ1n) is 5.24. The van der Waals surface area contributed by atoms with Gasteiger partial charge in [-0.2, -0.15) is 5.10 Å². The molecule has 1 saturated carbocycles. The van der Waals surface area contributed by atoms with E-state index in [2.05, 4.69) is 10.4 Å². The molecular formula is C10H18N4. The van der Waals surface area contributed by atoms with Crippen molar-refractivity contribution < 1.29 is 0 Å². The molecule has 1 aromatic rings. The minimum absolute atomic E-state index is 0.295. The third-order valence-electron chi connectivity index (χ3n) is 3.00. The van der Waals surface area contributed by atoms with Gasteiger partial charge in [-0.25, -0.2) is 0 Å². The average molecular weight is 194 g/mol. The lowest BCUT2D eigenvalue weighted by Gasteiger charge is -2.31. The third-order valence-corrected chi connectivity index (χ3v) is 3.00. The lowest BCUT2D eigenvalue weighted by atomic mass is 9.80. The average Bonchev–Trinajstić information content (AvgIpc) is 2.45. The van der Waals surface area contributed by atoms with Crippen LogP contribution in [0.4, 0.5) is 5.69 Å². The van der Waals surface area contributed by atoms with Crippen LogP contribution in [0, 0.1) is 5.92 Å². The molecule has 1 atom stereocenters. The summed E-state index contributed by atoms with van der Waals surface area (Å²) in [5.41, 5.74) is 7.10. The van der Waals surface area contributed by atoms with Gasteiger partial charge < -0.3 is 11.1 Å². The van der Waals surface area contributed by atoms with Crippen LogP contribution in [-0.2, 0) is 7.05 Å². The minimum atomic E-state index is 0.295. The highest BCUT2D eigenvalue weighted by Gasteiger charge is 2.23. The molecule has 0 aromatic carbocycles. The van der Waals surface area contributed by atoms with Crippen LogP contribution in [0.2, 0.25) is 0 Å². The number of hydrogen-bond donors (Lipinski definition) is 2. The van der Waals surface area contributed by atoms with Crippen LogP contribution in [0.3, 0.4) is 0 Å². The summed E-state index contributed by atoms with van der Waals surface area (Å²) in [6, 6.07) is 0.295. The van der Waals surface area contributed by atoms with E-state index >= 15 is 0 Å². The number of rotatable bonds is 4. The van der Waals surface area contributed by atoms with Gasteiger partial charge in [-0.15, -0.1) is 0 Å². The van der Waals surface area contributed by atoms with Crippen molar-refractivity contribution >= 4 is 5.69 Å². The van der Waals surface area contributed by atoms with Crippen molar-refractivity contribution in [2.45, 2.75) is 25.3 Å². The second-order valence-electron chi connectivity index (χ2n) is 4.14. The van der Waals surface area contributed by atoms with Gasteiger partial charge in [-0.1, -0.05) is 6.42 Å². The number of nitrogens with zero attached hydrogens (tertiary/aromatic N) is 2. The Kier molecular flexibility index (Phi) is 2.72. The van der Waals surface area contributed by atoms with Crippen LogP contribution in [0.5, 0.6) is 0 Å². The summed E-state index contributed by atoms with van der Waals surface area (Å²) < 4.78 is 1.79. The Balaban J connectivity index is 1.76. The molecule has 4 nitrogen and oxygen atoms in total. The van der Waals surface area contributed by atoms with E-state index in [4.69, 9.17) is 5.73 Å². The van der Waals surface area contributed by atoms with Crippen molar-refractivity contribution in [2.24, 2.45) is 18.7 Å². The van der Waals surface area contributed by atoms with Gasteiger partial charge in [0.15, 0.2) is 0 Å². The summed E-state index contributed by atoms with van der Waals surface area (Å²) in [4.78, 5) is 0. The first-order chi connectivity index (χ1) is 6.75. The van der Waals surface area contributed by atoms with E-state index in [0.717, 1.165) is 18.2 Å². The fraction of sp³-hybridized carbons (Fsp3) is 0.700. The normalized spacial score (nSPS) is 19.0. The fourth-order valence-corrected chi connectivity index (χ4v) is 1.78. The fourth-order valence-electron chi connectivity index (χ4n) is 1.78. The van der Waals surface area contributed by atoms with Crippen molar-refractivity contribution in [3.63, 3.8) is 0 Å². The molecule has 78 valence electrons. The largest absolute Gasteiger partial charge is 0.381 e. The summed E-state index contributed by atoms with van der Waals surface area (Å²) in [7, 11) is 1.91. The molecule has 1 aliphatic rings. The standard InChI is InChI=1S/C10H18N4/c1-14-7-9(5-13-14)12-6-10(11)8-3-2-4-8/h5,7-8,10,12H,2-4,6,11H2,1H3. The van der Waals surface area contributed by atoms with Gasteiger partial charge in [0, 0.05) is 25.8 Å². The highest BCUT2D eigenvalue weighted by Crippen LogP contribution is 2.28. The Hall–Kier alpha value is -1.03. The van der Waals surface area contributed by atoms with Gasteiger partial charge in [0.25, 0.3) is 0 Å². The molecule has 1 unspecified atom stereocenters. The SMILES string of the molecule is Cn1cc(NCC(N)C2CCC2)cn1. The zero-order valence-corrected chi connectivity index (χ0v) is 8.61. The topological polar surface area (TPSA) is 55.9 Å². The molecular weight excluding hydrogens is 176 g/mol. The predicted octanol–water partition coefficient (Wildman–Crippen LogP) is 0.959. The van der Waals surface area contributed by atoms with E-state index in [1.165, 1.54) is 19.3 Å². The summed E-state index contributed by atoms with van der Waals surface area (Å²) in [6.45, 7) is 0.857. The summed E-state index contributed by atoms with van der Waals surface area (Å²) in [6.07, 6.45) is 7.75. The molecule has 1 heterocycles. The highest BCUT2D eigenvalue weighted by molar-refractivity contribution is 5.38. The maximum Gasteiger partial charge on any atom is 0.0726 e. The molecule has 0 saturated heterocycles. The van der Waals surface area contributed by atoms with E-state index in [0.29, 0.717) is 6.04 Å². The van der Waals surface area contributed by atoms with Crippen molar-refractivity contribution in [3.05, 3.63) is 12.4 Å². The van der Waals surface area contributed by atoms with Crippen LogP contribution in [0.25, 0.3) is 0 Å². The molecule has 14 heavy (non-hydrogen) atoms. The summed E-state index contributed by atoms with van der Waals surface area (Å²) >= 11 is 0. The van der Waals surface area contributed by atoms with Crippen LogP contribution < -0.4 is 11.1 Å². The Morgan fingerprint density at radius 2 is 2.50 bits per heavy atom. The molecule has 0 aliphatic heterocycles. The molecule has 1 aromatic heterocycles. The molecule has 2 rings (SSSR count). The smallest absolute Gasteiger partial charge is 0.0726 e. The zero-order chi connectivity index (χ0) is 9.97. The molecule has 3 N–H and O–H groups in total. The number of nitrogens with one attached hydrogen (secondary N) is 1. The van der Waals surface area contributed by atoms with Gasteiger partial charge in [-0.05, 0) is 18.8 Å². The van der Waals surface area contributed by atoms with Crippen molar-refractivity contribution in [2.75, 3.05) is 11.9 Å². The number of aromatic nitrogens is 2. The van der Waals surface area contributed by atoms with Crippen LogP contribution in [-0.4, -0.2) is 22.4 Å². The monoisotopic (exact) mass is 194 g/mol. The van der Waals surface area contributed by atoms with E-state index < -0.39 is 0 Å². The minimum Gasteiger partial charge on any atom is -0.381 e. The molecule has 0 bridgehead atoms. The number of nitrogens with two attached hydrogens (primary N) is 1. The highest BCUT2D eigenvalue weighted by atomic mass is 15.3. The summed E-state index contributed by atoms with van der Waals surface area (Å²) in [5.74, 6) is 0.735. The quantitative estimate of drug-likeness (QED) is 0.750. The van der Waals surface area contributed by atoms with Gasteiger partial charge in [0.2, 0.25) is 0 Å². The molecule has 0 radical (unpaired) electrons. The second kappa shape index (κ2) is 4.00. The van der Waals surface area contributed by atoms with Crippen molar-refractivity contribution in [3.8, 4) is 0 Å². The van der Waals surface area contributed by atoms with Gasteiger partial charge in [0.05, 0.1) is 11.9 Å². The maximum atomic E-state index is 6.04. The molecule has 0 spiro atoms. The first kappa shape index (κ1) is 9.52. The lowest BCUT2D eigenvalue weighted by molar-refractivity contribution is 0.268. The molecule has 1 aliphatic carbocycles. The first-order valence-corrected chi connectivity index (χ1v) is 5.24. The Labute approximate surface area is 84.5 Å². The maximum absolute atomic E-state index is 6.04. The van der Waals surface area contributed by atoms with E-state index in [1.807, 2.05) is 19.4 Å². The van der Waals surface area contributed by atoms with Crippen molar-refractivity contribution in [1.29, 1.82) is 0 Å². The lowest BCUT2D eigenvalue weighted by Crippen LogP contribution is -2.39. The van der Waals surface area contributed by atoms with Crippen molar-refractivity contribution in [1.82, 2.24) is 9.78 Å². The molecule has 4 heteroatoms. The number of anilines is 1. The van der Waals surface area contributed by atoms with Gasteiger partial charge in [0.1, 0.15) is 0 Å². The second-order valence-corrected chi connectivity index (χ2v) is 4.14. The van der Waals surface area contributed by atoms with E-state index in [9.17, 15) is 0 Å². The Morgan fingerprint density at radius 3 is 3.00 bits per heavy atom. The summed E-state index contributed by atoms with van der Waals surface area (Å²) in [5, 5.41) is 7.39. The van der Waals surface area contributed by atoms with Crippen LogP contribution in [0.15, 0.2) is 12.4 Å². The van der Waals surface area contributed by atoms with Crippen LogP contribution >= 0.6 is 0 Å². The van der Waals surface area contributed by atoms with Gasteiger partial charge in [-0.3, -0.25) is 4.68 Å². The van der Waals surface area contributed by atoms with Gasteiger partial charge >= 0.3 is 0 Å². The predicted molar refractivity (Wildman–Crippen MR) is 57.0 cm³/mol. The van der Waals surface area contributed by atoms with E-state index in [-0.39, 0.29) is 0 Å². The Morgan fingerprint density at radius 1 is 1.71 bits per heavy atom. The Bertz CT molecular complexity index is 290. The number of aryl methyl sites for hydroxylation is 1. The third kappa shape index (κ3) is 2.07. The molecule has 0 amide bonds. The van der Waals surface area contributed by atoms with E-state index in [1.54, 1.807) is 4.68 Å². The zero-order valence-electron chi connectivity index (χ0n) is 8.61.